The van der Waals surface area contributed by atoms with Crippen LogP contribution >= 0.6 is 24.0 Å². The van der Waals surface area contributed by atoms with Crippen LogP contribution in [0.1, 0.15) is 24.1 Å². The molecular weight excluding hydrogens is 379 g/mol. The second-order valence-corrected chi connectivity index (χ2v) is 4.40. The standard InChI is InChI=1S/C15H20N4O.HI/c1-3-16-15(18-11-14-8-5-9-20-14)17-10-13-7-4-6-12(2)19-13;/h4-9H,3,10-11H2,1-2H3,(H2,16,17,18);1H. The van der Waals surface area contributed by atoms with E-state index in [0.29, 0.717) is 13.1 Å². The number of aliphatic imine (C=N–C) groups is 1. The summed E-state index contributed by atoms with van der Waals surface area (Å²) >= 11 is 0. The average Bonchev–Trinajstić information content (AvgIpc) is 2.95. The fraction of sp³-hybridized carbons (Fsp3) is 0.333. The maximum atomic E-state index is 5.28. The lowest BCUT2D eigenvalue weighted by Crippen LogP contribution is -2.36. The van der Waals surface area contributed by atoms with E-state index >= 15 is 0 Å². The topological polar surface area (TPSA) is 62.5 Å². The molecule has 0 aliphatic carbocycles. The van der Waals surface area contributed by atoms with E-state index in [1.54, 1.807) is 6.26 Å². The highest BCUT2D eigenvalue weighted by Gasteiger charge is 2.00. The minimum Gasteiger partial charge on any atom is -0.467 e. The number of furan rings is 1. The van der Waals surface area contributed by atoms with Gasteiger partial charge in [-0.3, -0.25) is 4.98 Å². The van der Waals surface area contributed by atoms with Gasteiger partial charge in [0.1, 0.15) is 5.76 Å². The molecular formula is C15H21IN4O. The normalized spacial score (nSPS) is 10.9. The SMILES string of the molecule is CCNC(=NCc1cccc(C)n1)NCc1ccco1.I. The molecule has 0 aliphatic rings. The van der Waals surface area contributed by atoms with E-state index in [1.807, 2.05) is 44.2 Å². The summed E-state index contributed by atoms with van der Waals surface area (Å²) in [6, 6.07) is 9.76. The molecule has 2 N–H and O–H groups in total. The molecule has 21 heavy (non-hydrogen) atoms. The Bertz CT molecular complexity index is 555. The van der Waals surface area contributed by atoms with Crippen LogP contribution in [0.25, 0.3) is 0 Å². The highest BCUT2D eigenvalue weighted by Crippen LogP contribution is 2.01. The van der Waals surface area contributed by atoms with Crippen LogP contribution in [0.5, 0.6) is 0 Å². The number of guanidine groups is 1. The molecule has 0 saturated heterocycles. The van der Waals surface area contributed by atoms with E-state index in [0.717, 1.165) is 29.7 Å². The molecule has 0 unspecified atom stereocenters. The fourth-order valence-electron chi connectivity index (χ4n) is 1.77. The van der Waals surface area contributed by atoms with Crippen LogP contribution in [-0.2, 0) is 13.1 Å². The van der Waals surface area contributed by atoms with Crippen molar-refractivity contribution in [3.05, 3.63) is 53.7 Å². The first kappa shape index (κ1) is 17.5. The summed E-state index contributed by atoms with van der Waals surface area (Å²) < 4.78 is 5.28. The summed E-state index contributed by atoms with van der Waals surface area (Å²) in [4.78, 5) is 8.95. The quantitative estimate of drug-likeness (QED) is 0.461. The predicted octanol–water partition coefficient (Wildman–Crippen LogP) is 2.86. The second-order valence-electron chi connectivity index (χ2n) is 4.40. The van der Waals surface area contributed by atoms with Crippen LogP contribution in [-0.4, -0.2) is 17.5 Å². The molecule has 2 heterocycles. The number of rotatable bonds is 5. The zero-order valence-corrected chi connectivity index (χ0v) is 14.6. The molecule has 5 nitrogen and oxygen atoms in total. The van der Waals surface area contributed by atoms with Crippen molar-refractivity contribution in [1.82, 2.24) is 15.6 Å². The van der Waals surface area contributed by atoms with E-state index in [4.69, 9.17) is 4.42 Å². The van der Waals surface area contributed by atoms with Gasteiger partial charge in [0, 0.05) is 12.2 Å². The lowest BCUT2D eigenvalue weighted by molar-refractivity contribution is 0.501. The molecule has 0 amide bonds. The molecule has 2 aromatic heterocycles. The summed E-state index contributed by atoms with van der Waals surface area (Å²) in [6.45, 7) is 5.99. The maximum absolute atomic E-state index is 5.28. The van der Waals surface area contributed by atoms with Crippen molar-refractivity contribution in [2.24, 2.45) is 4.99 Å². The molecule has 0 fully saturated rings. The van der Waals surface area contributed by atoms with E-state index in [1.165, 1.54) is 0 Å². The Labute approximate surface area is 142 Å². The smallest absolute Gasteiger partial charge is 0.192 e. The number of nitrogens with one attached hydrogen (secondary N) is 2. The van der Waals surface area contributed by atoms with Gasteiger partial charge in [-0.25, -0.2) is 4.99 Å². The van der Waals surface area contributed by atoms with Gasteiger partial charge in [0.25, 0.3) is 0 Å². The van der Waals surface area contributed by atoms with Gasteiger partial charge >= 0.3 is 0 Å². The molecule has 0 bridgehead atoms. The largest absolute Gasteiger partial charge is 0.467 e. The fourth-order valence-corrected chi connectivity index (χ4v) is 1.77. The lowest BCUT2D eigenvalue weighted by atomic mass is 10.3. The summed E-state index contributed by atoms with van der Waals surface area (Å²) in [7, 11) is 0. The molecule has 0 aromatic carbocycles. The third kappa shape index (κ3) is 6.16. The van der Waals surface area contributed by atoms with Crippen molar-refractivity contribution < 1.29 is 4.42 Å². The first-order valence-corrected chi connectivity index (χ1v) is 6.75. The third-order valence-corrected chi connectivity index (χ3v) is 2.70. The van der Waals surface area contributed by atoms with Gasteiger partial charge in [0.05, 0.1) is 25.0 Å². The summed E-state index contributed by atoms with van der Waals surface area (Å²) in [5.74, 6) is 1.64. The van der Waals surface area contributed by atoms with Gasteiger partial charge in [0.2, 0.25) is 0 Å². The maximum Gasteiger partial charge on any atom is 0.192 e. The number of aryl methyl sites for hydroxylation is 1. The minimum atomic E-state index is 0. The van der Waals surface area contributed by atoms with E-state index in [9.17, 15) is 0 Å². The highest BCUT2D eigenvalue weighted by molar-refractivity contribution is 14.0. The Morgan fingerprint density at radius 3 is 2.76 bits per heavy atom. The molecule has 0 spiro atoms. The Balaban J connectivity index is 0.00000220. The first-order chi connectivity index (χ1) is 9.78. The van der Waals surface area contributed by atoms with Gasteiger partial charge in [-0.1, -0.05) is 6.07 Å². The number of hydrogen-bond donors (Lipinski definition) is 2. The van der Waals surface area contributed by atoms with E-state index in [-0.39, 0.29) is 24.0 Å². The summed E-state index contributed by atoms with van der Waals surface area (Å²) in [5, 5.41) is 6.42. The second kappa shape index (κ2) is 9.38. The average molecular weight is 400 g/mol. The number of halogens is 1. The van der Waals surface area contributed by atoms with Gasteiger partial charge in [-0.05, 0) is 38.1 Å². The number of aromatic nitrogens is 1. The van der Waals surface area contributed by atoms with Crippen molar-refractivity contribution in [3.63, 3.8) is 0 Å². The molecule has 0 atom stereocenters. The molecule has 0 radical (unpaired) electrons. The summed E-state index contributed by atoms with van der Waals surface area (Å²) in [5.41, 5.74) is 1.96. The molecule has 0 aliphatic heterocycles. The Hall–Kier alpha value is -1.57. The van der Waals surface area contributed by atoms with Crippen LogP contribution in [0, 0.1) is 6.92 Å². The van der Waals surface area contributed by atoms with Gasteiger partial charge < -0.3 is 15.1 Å². The Kier molecular flexibility index (Phi) is 7.81. The van der Waals surface area contributed by atoms with Crippen molar-refractivity contribution >= 4 is 29.9 Å². The van der Waals surface area contributed by atoms with E-state index in [2.05, 4.69) is 20.6 Å². The highest BCUT2D eigenvalue weighted by atomic mass is 127. The van der Waals surface area contributed by atoms with E-state index < -0.39 is 0 Å². The van der Waals surface area contributed by atoms with Crippen LogP contribution in [0.4, 0.5) is 0 Å². The molecule has 2 rings (SSSR count). The lowest BCUT2D eigenvalue weighted by Gasteiger charge is -2.10. The monoisotopic (exact) mass is 400 g/mol. The van der Waals surface area contributed by atoms with Crippen LogP contribution in [0.3, 0.4) is 0 Å². The van der Waals surface area contributed by atoms with Crippen LogP contribution in [0.2, 0.25) is 0 Å². The third-order valence-electron chi connectivity index (χ3n) is 2.70. The Morgan fingerprint density at radius 2 is 2.10 bits per heavy atom. The van der Waals surface area contributed by atoms with Gasteiger partial charge in [-0.15, -0.1) is 24.0 Å². The molecule has 114 valence electrons. The number of hydrogen-bond acceptors (Lipinski definition) is 3. The van der Waals surface area contributed by atoms with Crippen molar-refractivity contribution in [1.29, 1.82) is 0 Å². The molecule has 0 saturated carbocycles. The van der Waals surface area contributed by atoms with Crippen LogP contribution < -0.4 is 10.6 Å². The minimum absolute atomic E-state index is 0. The molecule has 2 aromatic rings. The van der Waals surface area contributed by atoms with Crippen molar-refractivity contribution in [3.8, 4) is 0 Å². The van der Waals surface area contributed by atoms with Crippen LogP contribution in [0.15, 0.2) is 46.0 Å². The Morgan fingerprint density at radius 1 is 1.24 bits per heavy atom. The summed E-state index contributed by atoms with van der Waals surface area (Å²) in [6.07, 6.45) is 1.66. The zero-order chi connectivity index (χ0) is 14.2. The van der Waals surface area contributed by atoms with Crippen molar-refractivity contribution in [2.45, 2.75) is 26.9 Å². The van der Waals surface area contributed by atoms with Gasteiger partial charge in [-0.2, -0.15) is 0 Å². The van der Waals surface area contributed by atoms with Crippen molar-refractivity contribution in [2.75, 3.05) is 6.54 Å². The number of pyridine rings is 1. The zero-order valence-electron chi connectivity index (χ0n) is 12.3. The number of nitrogens with zero attached hydrogens (tertiary/aromatic N) is 2. The van der Waals surface area contributed by atoms with Gasteiger partial charge in [0.15, 0.2) is 5.96 Å². The first-order valence-electron chi connectivity index (χ1n) is 6.75. The predicted molar refractivity (Wildman–Crippen MR) is 94.8 cm³/mol. The molecule has 6 heteroatoms.